The van der Waals surface area contributed by atoms with Crippen LogP contribution >= 0.6 is 0 Å². The van der Waals surface area contributed by atoms with E-state index in [0.29, 0.717) is 13.2 Å². The van der Waals surface area contributed by atoms with Crippen LogP contribution in [0.1, 0.15) is 17.7 Å². The SMILES string of the molecule is Cc1ncccc1CNCCCOCCO. The van der Waals surface area contributed by atoms with E-state index in [4.69, 9.17) is 9.84 Å². The van der Waals surface area contributed by atoms with Gasteiger partial charge in [0.05, 0.1) is 13.2 Å². The molecule has 2 N–H and O–H groups in total. The molecule has 0 saturated heterocycles. The summed E-state index contributed by atoms with van der Waals surface area (Å²) in [4.78, 5) is 4.23. The molecular weight excluding hydrogens is 204 g/mol. The molecule has 1 rings (SSSR count). The van der Waals surface area contributed by atoms with Crippen molar-refractivity contribution in [1.82, 2.24) is 10.3 Å². The zero-order valence-electron chi connectivity index (χ0n) is 9.78. The zero-order valence-corrected chi connectivity index (χ0v) is 9.78. The Balaban J connectivity index is 2.05. The number of ether oxygens (including phenoxy) is 1. The summed E-state index contributed by atoms with van der Waals surface area (Å²) in [5, 5.41) is 11.8. The van der Waals surface area contributed by atoms with Crippen LogP contribution < -0.4 is 5.32 Å². The second kappa shape index (κ2) is 8.21. The number of aliphatic hydroxyl groups is 1. The Bertz CT molecular complexity index is 292. The first kappa shape index (κ1) is 13.1. The largest absolute Gasteiger partial charge is 0.394 e. The normalized spacial score (nSPS) is 10.6. The smallest absolute Gasteiger partial charge is 0.0697 e. The van der Waals surface area contributed by atoms with Crippen LogP contribution in [0, 0.1) is 6.92 Å². The van der Waals surface area contributed by atoms with Gasteiger partial charge in [-0.2, -0.15) is 0 Å². The first-order valence-corrected chi connectivity index (χ1v) is 5.64. The average molecular weight is 224 g/mol. The molecule has 0 radical (unpaired) electrons. The van der Waals surface area contributed by atoms with E-state index in [-0.39, 0.29) is 6.61 Å². The number of aliphatic hydroxyl groups excluding tert-OH is 1. The van der Waals surface area contributed by atoms with E-state index >= 15 is 0 Å². The number of nitrogens with one attached hydrogen (secondary N) is 1. The first-order valence-electron chi connectivity index (χ1n) is 5.64. The summed E-state index contributed by atoms with van der Waals surface area (Å²) in [6.45, 7) is 5.00. The van der Waals surface area contributed by atoms with Gasteiger partial charge in [0.2, 0.25) is 0 Å². The maximum Gasteiger partial charge on any atom is 0.0697 e. The molecule has 0 aliphatic carbocycles. The van der Waals surface area contributed by atoms with Crippen molar-refractivity contribution in [3.63, 3.8) is 0 Å². The van der Waals surface area contributed by atoms with E-state index in [0.717, 1.165) is 25.2 Å². The average Bonchev–Trinajstić information content (AvgIpc) is 2.30. The lowest BCUT2D eigenvalue weighted by Gasteiger charge is -2.07. The van der Waals surface area contributed by atoms with Gasteiger partial charge in [0.25, 0.3) is 0 Å². The zero-order chi connectivity index (χ0) is 11.6. The van der Waals surface area contributed by atoms with Crippen LogP contribution in [0.25, 0.3) is 0 Å². The number of hydrogen-bond donors (Lipinski definition) is 2. The Morgan fingerprint density at radius 2 is 2.31 bits per heavy atom. The monoisotopic (exact) mass is 224 g/mol. The maximum absolute atomic E-state index is 8.50. The van der Waals surface area contributed by atoms with Crippen LogP contribution in [0.15, 0.2) is 18.3 Å². The molecule has 0 aliphatic heterocycles. The standard InChI is InChI=1S/C12H20N2O2/c1-11-12(4-2-6-14-11)10-13-5-3-8-16-9-7-15/h2,4,6,13,15H,3,5,7-10H2,1H3. The molecule has 1 aromatic rings. The fourth-order valence-electron chi connectivity index (χ4n) is 1.39. The topological polar surface area (TPSA) is 54.4 Å². The lowest BCUT2D eigenvalue weighted by atomic mass is 10.2. The van der Waals surface area contributed by atoms with Crippen molar-refractivity contribution in [3.8, 4) is 0 Å². The second-order valence-corrected chi connectivity index (χ2v) is 3.61. The summed E-state index contributed by atoms with van der Waals surface area (Å²) in [5.74, 6) is 0. The van der Waals surface area contributed by atoms with Gasteiger partial charge in [-0.05, 0) is 31.5 Å². The summed E-state index contributed by atoms with van der Waals surface area (Å²) in [5.41, 5.74) is 2.31. The van der Waals surface area contributed by atoms with Crippen molar-refractivity contribution in [3.05, 3.63) is 29.6 Å². The molecule has 0 aliphatic rings. The third kappa shape index (κ3) is 5.21. The van der Waals surface area contributed by atoms with Crippen molar-refractivity contribution >= 4 is 0 Å². The van der Waals surface area contributed by atoms with Crippen LogP contribution in [0.4, 0.5) is 0 Å². The second-order valence-electron chi connectivity index (χ2n) is 3.61. The molecule has 90 valence electrons. The van der Waals surface area contributed by atoms with Crippen molar-refractivity contribution < 1.29 is 9.84 Å². The summed E-state index contributed by atoms with van der Waals surface area (Å²) in [6, 6.07) is 4.03. The predicted octanol–water partition coefficient (Wildman–Crippen LogP) is 0.879. The molecule has 0 spiro atoms. The molecule has 0 atom stereocenters. The number of rotatable bonds is 8. The van der Waals surface area contributed by atoms with Gasteiger partial charge in [-0.1, -0.05) is 6.07 Å². The number of aromatic nitrogens is 1. The number of hydrogen-bond acceptors (Lipinski definition) is 4. The highest BCUT2D eigenvalue weighted by atomic mass is 16.5. The fraction of sp³-hybridized carbons (Fsp3) is 0.583. The minimum Gasteiger partial charge on any atom is -0.394 e. The molecule has 0 bridgehead atoms. The highest BCUT2D eigenvalue weighted by molar-refractivity contribution is 5.17. The molecule has 4 heteroatoms. The fourth-order valence-corrected chi connectivity index (χ4v) is 1.39. The van der Waals surface area contributed by atoms with Gasteiger partial charge >= 0.3 is 0 Å². The van der Waals surface area contributed by atoms with E-state index in [1.165, 1.54) is 5.56 Å². The van der Waals surface area contributed by atoms with Crippen molar-refractivity contribution in [1.29, 1.82) is 0 Å². The van der Waals surface area contributed by atoms with Gasteiger partial charge < -0.3 is 15.2 Å². The van der Waals surface area contributed by atoms with Crippen LogP contribution in [0.3, 0.4) is 0 Å². The molecule has 0 unspecified atom stereocenters. The van der Waals surface area contributed by atoms with E-state index < -0.39 is 0 Å². The summed E-state index contributed by atoms with van der Waals surface area (Å²) >= 11 is 0. The van der Waals surface area contributed by atoms with E-state index in [1.807, 2.05) is 19.2 Å². The third-order valence-electron chi connectivity index (χ3n) is 2.31. The Labute approximate surface area is 96.7 Å². The molecule has 1 heterocycles. The van der Waals surface area contributed by atoms with Crippen LogP contribution in [-0.2, 0) is 11.3 Å². The minimum absolute atomic E-state index is 0.0995. The maximum atomic E-state index is 8.50. The molecule has 0 aromatic carbocycles. The Hall–Kier alpha value is -0.970. The van der Waals surface area contributed by atoms with Crippen molar-refractivity contribution in [2.75, 3.05) is 26.4 Å². The van der Waals surface area contributed by atoms with Crippen molar-refractivity contribution in [2.45, 2.75) is 19.9 Å². The van der Waals surface area contributed by atoms with Crippen LogP contribution in [0.5, 0.6) is 0 Å². The molecule has 16 heavy (non-hydrogen) atoms. The van der Waals surface area contributed by atoms with Gasteiger partial charge in [-0.25, -0.2) is 0 Å². The molecule has 4 nitrogen and oxygen atoms in total. The van der Waals surface area contributed by atoms with Gasteiger partial charge in [0.15, 0.2) is 0 Å². The molecular formula is C12H20N2O2. The number of pyridine rings is 1. The first-order chi connectivity index (χ1) is 7.84. The lowest BCUT2D eigenvalue weighted by Crippen LogP contribution is -2.17. The van der Waals surface area contributed by atoms with Crippen molar-refractivity contribution in [2.24, 2.45) is 0 Å². The van der Waals surface area contributed by atoms with Crippen LogP contribution in [0.2, 0.25) is 0 Å². The Morgan fingerprint density at radius 3 is 3.06 bits per heavy atom. The van der Waals surface area contributed by atoms with Crippen LogP contribution in [-0.4, -0.2) is 36.5 Å². The van der Waals surface area contributed by atoms with Gasteiger partial charge in [-0.15, -0.1) is 0 Å². The Kier molecular flexibility index (Phi) is 6.72. The third-order valence-corrected chi connectivity index (χ3v) is 2.31. The molecule has 0 fully saturated rings. The number of nitrogens with zero attached hydrogens (tertiary/aromatic N) is 1. The Morgan fingerprint density at radius 1 is 1.44 bits per heavy atom. The van der Waals surface area contributed by atoms with E-state index in [9.17, 15) is 0 Å². The lowest BCUT2D eigenvalue weighted by molar-refractivity contribution is 0.0907. The highest BCUT2D eigenvalue weighted by Crippen LogP contribution is 2.02. The van der Waals surface area contributed by atoms with Gasteiger partial charge in [-0.3, -0.25) is 4.98 Å². The van der Waals surface area contributed by atoms with Gasteiger partial charge in [0, 0.05) is 25.0 Å². The predicted molar refractivity (Wildman–Crippen MR) is 63.2 cm³/mol. The molecule has 0 saturated carbocycles. The van der Waals surface area contributed by atoms with Gasteiger partial charge in [0.1, 0.15) is 0 Å². The highest BCUT2D eigenvalue weighted by Gasteiger charge is 1.96. The molecule has 1 aromatic heterocycles. The molecule has 0 amide bonds. The summed E-state index contributed by atoms with van der Waals surface area (Å²) < 4.78 is 5.16. The quantitative estimate of drug-likeness (QED) is 0.644. The summed E-state index contributed by atoms with van der Waals surface area (Å²) in [7, 11) is 0. The van der Waals surface area contributed by atoms with E-state index in [1.54, 1.807) is 0 Å². The minimum atomic E-state index is 0.0995. The van der Waals surface area contributed by atoms with E-state index in [2.05, 4.69) is 16.4 Å². The summed E-state index contributed by atoms with van der Waals surface area (Å²) in [6.07, 6.45) is 2.76. The number of aryl methyl sites for hydroxylation is 1.